The van der Waals surface area contributed by atoms with Crippen molar-refractivity contribution in [2.24, 2.45) is 0 Å². The third-order valence-electron chi connectivity index (χ3n) is 3.31. The Morgan fingerprint density at radius 2 is 2.45 bits per heavy atom. The van der Waals surface area contributed by atoms with Crippen molar-refractivity contribution in [3.05, 3.63) is 12.4 Å². The fourth-order valence-corrected chi connectivity index (χ4v) is 3.35. The minimum Gasteiger partial charge on any atom is -0.465 e. The van der Waals surface area contributed by atoms with Crippen molar-refractivity contribution in [1.82, 2.24) is 15.3 Å². The Bertz CT molecular complexity index is 434. The third-order valence-corrected chi connectivity index (χ3v) is 4.32. The molecule has 2 unspecified atom stereocenters. The molecule has 1 aromatic rings. The second kappa shape index (κ2) is 6.63. The van der Waals surface area contributed by atoms with Crippen LogP contribution in [0.25, 0.3) is 0 Å². The van der Waals surface area contributed by atoms with Crippen LogP contribution in [0, 0.1) is 0 Å². The summed E-state index contributed by atoms with van der Waals surface area (Å²) in [7, 11) is 0. The molecule has 6 heteroatoms. The summed E-state index contributed by atoms with van der Waals surface area (Å²) in [5.74, 6) is -0.154. The molecule has 2 N–H and O–H groups in total. The Labute approximate surface area is 124 Å². The van der Waals surface area contributed by atoms with Crippen molar-refractivity contribution < 1.29 is 9.53 Å². The second-order valence-electron chi connectivity index (χ2n) is 5.50. The lowest BCUT2D eigenvalue weighted by molar-refractivity contribution is -0.150. The highest BCUT2D eigenvalue weighted by Crippen LogP contribution is 2.30. The average molecular weight is 297 g/mol. The number of carbonyl (C=O) groups is 1. The summed E-state index contributed by atoms with van der Waals surface area (Å²) in [6, 6.07) is 0.463. The summed E-state index contributed by atoms with van der Waals surface area (Å²) < 4.78 is 5.24. The maximum atomic E-state index is 12.2. The van der Waals surface area contributed by atoms with Crippen LogP contribution in [0.3, 0.4) is 0 Å². The first-order chi connectivity index (χ1) is 9.53. The standard InChI is InChI=1S/C14H23N3O2S/c1-4-19-12(18)14(3,17-11-5-6-11)9-10(2)20-13-15-7-8-16-13/h7-8,10-11,17H,4-6,9H2,1-3H3,(H,15,16). The van der Waals surface area contributed by atoms with Gasteiger partial charge in [-0.1, -0.05) is 18.7 Å². The molecule has 2 rings (SSSR count). The summed E-state index contributed by atoms with van der Waals surface area (Å²) >= 11 is 1.65. The van der Waals surface area contributed by atoms with Crippen LogP contribution in [0.5, 0.6) is 0 Å². The quantitative estimate of drug-likeness (QED) is 0.569. The molecule has 1 aliphatic carbocycles. The number of carbonyl (C=O) groups excluding carboxylic acids is 1. The maximum absolute atomic E-state index is 12.2. The molecule has 1 saturated carbocycles. The largest absolute Gasteiger partial charge is 0.465 e. The number of hydrogen-bond donors (Lipinski definition) is 2. The van der Waals surface area contributed by atoms with Crippen LogP contribution >= 0.6 is 11.8 Å². The van der Waals surface area contributed by atoms with Gasteiger partial charge in [-0.3, -0.25) is 10.1 Å². The number of H-pyrrole nitrogens is 1. The van der Waals surface area contributed by atoms with E-state index in [1.165, 1.54) is 0 Å². The highest BCUT2D eigenvalue weighted by Gasteiger charge is 2.40. The molecule has 20 heavy (non-hydrogen) atoms. The molecular formula is C14H23N3O2S. The zero-order valence-corrected chi connectivity index (χ0v) is 13.1. The fourth-order valence-electron chi connectivity index (χ4n) is 2.29. The molecule has 5 nitrogen and oxygen atoms in total. The van der Waals surface area contributed by atoms with E-state index in [1.54, 1.807) is 18.0 Å². The normalized spacial score (nSPS) is 19.4. The smallest absolute Gasteiger partial charge is 0.326 e. The lowest BCUT2D eigenvalue weighted by Gasteiger charge is -2.30. The SMILES string of the molecule is CCOC(=O)C(C)(CC(C)Sc1ncc[nH]1)NC1CC1. The number of ether oxygens (including phenoxy) is 1. The van der Waals surface area contributed by atoms with Crippen LogP contribution in [0.1, 0.15) is 40.0 Å². The minimum absolute atomic E-state index is 0.154. The van der Waals surface area contributed by atoms with E-state index in [9.17, 15) is 4.79 Å². The lowest BCUT2D eigenvalue weighted by atomic mass is 9.95. The second-order valence-corrected chi connectivity index (χ2v) is 6.93. The molecular weight excluding hydrogens is 274 g/mol. The van der Waals surface area contributed by atoms with E-state index in [-0.39, 0.29) is 11.2 Å². The molecule has 1 aromatic heterocycles. The van der Waals surface area contributed by atoms with Gasteiger partial charge in [0, 0.05) is 23.7 Å². The first kappa shape index (κ1) is 15.4. The Kier molecular flexibility index (Phi) is 5.10. The van der Waals surface area contributed by atoms with E-state index in [2.05, 4.69) is 22.2 Å². The molecule has 0 aromatic carbocycles. The van der Waals surface area contributed by atoms with E-state index in [0.29, 0.717) is 19.1 Å². The highest BCUT2D eigenvalue weighted by atomic mass is 32.2. The molecule has 112 valence electrons. The van der Waals surface area contributed by atoms with Gasteiger partial charge in [0.05, 0.1) is 6.61 Å². The Balaban J connectivity index is 1.96. The molecule has 0 radical (unpaired) electrons. The molecule has 1 fully saturated rings. The van der Waals surface area contributed by atoms with E-state index in [1.807, 2.05) is 20.0 Å². The van der Waals surface area contributed by atoms with Gasteiger partial charge in [0.25, 0.3) is 0 Å². The summed E-state index contributed by atoms with van der Waals surface area (Å²) in [5, 5.41) is 4.59. The topological polar surface area (TPSA) is 67.0 Å². The average Bonchev–Trinajstić information content (AvgIpc) is 3.03. The Morgan fingerprint density at radius 3 is 3.00 bits per heavy atom. The Hall–Kier alpha value is -1.01. The molecule has 0 spiro atoms. The van der Waals surface area contributed by atoms with Gasteiger partial charge < -0.3 is 9.72 Å². The number of nitrogens with one attached hydrogen (secondary N) is 2. The Morgan fingerprint density at radius 1 is 1.70 bits per heavy atom. The molecule has 2 atom stereocenters. The first-order valence-electron chi connectivity index (χ1n) is 7.14. The molecule has 0 amide bonds. The monoisotopic (exact) mass is 297 g/mol. The van der Waals surface area contributed by atoms with Gasteiger partial charge >= 0.3 is 5.97 Å². The molecule has 0 saturated heterocycles. The molecule has 0 aliphatic heterocycles. The van der Waals surface area contributed by atoms with Gasteiger partial charge in [-0.2, -0.15) is 0 Å². The van der Waals surface area contributed by atoms with Crippen LogP contribution in [0.4, 0.5) is 0 Å². The van der Waals surface area contributed by atoms with Gasteiger partial charge in [-0.15, -0.1) is 0 Å². The summed E-state index contributed by atoms with van der Waals surface area (Å²) in [6.45, 7) is 6.32. The number of imidazole rings is 1. The van der Waals surface area contributed by atoms with Gasteiger partial charge in [-0.25, -0.2) is 4.98 Å². The number of rotatable bonds is 8. The summed E-state index contributed by atoms with van der Waals surface area (Å²) in [6.07, 6.45) is 6.56. The van der Waals surface area contributed by atoms with Gasteiger partial charge in [0.15, 0.2) is 5.16 Å². The number of nitrogens with zero attached hydrogens (tertiary/aromatic N) is 1. The van der Waals surface area contributed by atoms with Crippen LogP contribution in [0.15, 0.2) is 17.6 Å². The number of thioether (sulfide) groups is 1. The van der Waals surface area contributed by atoms with Crippen LogP contribution in [-0.4, -0.2) is 39.4 Å². The van der Waals surface area contributed by atoms with Gasteiger partial charge in [0.1, 0.15) is 5.54 Å². The predicted octanol–water partition coefficient (Wildman–Crippen LogP) is 2.35. The van der Waals surface area contributed by atoms with Gasteiger partial charge in [-0.05, 0) is 33.1 Å². The molecule has 0 bridgehead atoms. The van der Waals surface area contributed by atoms with Crippen molar-refractivity contribution in [1.29, 1.82) is 0 Å². The van der Waals surface area contributed by atoms with Crippen LogP contribution < -0.4 is 5.32 Å². The van der Waals surface area contributed by atoms with Crippen molar-refractivity contribution >= 4 is 17.7 Å². The van der Waals surface area contributed by atoms with Crippen molar-refractivity contribution in [2.75, 3.05) is 6.61 Å². The first-order valence-corrected chi connectivity index (χ1v) is 8.02. The summed E-state index contributed by atoms with van der Waals surface area (Å²) in [5.41, 5.74) is -0.615. The number of hydrogen-bond acceptors (Lipinski definition) is 5. The zero-order chi connectivity index (χ0) is 14.6. The number of aromatic amines is 1. The molecule has 1 heterocycles. The van der Waals surface area contributed by atoms with Crippen molar-refractivity contribution in [3.63, 3.8) is 0 Å². The van der Waals surface area contributed by atoms with E-state index >= 15 is 0 Å². The van der Waals surface area contributed by atoms with Crippen molar-refractivity contribution in [3.8, 4) is 0 Å². The highest BCUT2D eigenvalue weighted by molar-refractivity contribution is 7.99. The van der Waals surface area contributed by atoms with E-state index < -0.39 is 5.54 Å². The van der Waals surface area contributed by atoms with Crippen LogP contribution in [-0.2, 0) is 9.53 Å². The number of esters is 1. The maximum Gasteiger partial charge on any atom is 0.326 e. The summed E-state index contributed by atoms with van der Waals surface area (Å²) in [4.78, 5) is 19.5. The van der Waals surface area contributed by atoms with E-state index in [0.717, 1.165) is 18.0 Å². The van der Waals surface area contributed by atoms with E-state index in [4.69, 9.17) is 4.74 Å². The van der Waals surface area contributed by atoms with Gasteiger partial charge in [0.2, 0.25) is 0 Å². The number of aromatic nitrogens is 2. The lowest BCUT2D eigenvalue weighted by Crippen LogP contribution is -2.52. The predicted molar refractivity (Wildman–Crippen MR) is 79.7 cm³/mol. The minimum atomic E-state index is -0.615. The zero-order valence-electron chi connectivity index (χ0n) is 12.3. The van der Waals surface area contributed by atoms with Crippen LogP contribution in [0.2, 0.25) is 0 Å². The third kappa shape index (κ3) is 4.24. The van der Waals surface area contributed by atoms with Crippen molar-refractivity contribution in [2.45, 2.75) is 62.0 Å². The molecule has 1 aliphatic rings. The fraction of sp³-hybridized carbons (Fsp3) is 0.714.